The van der Waals surface area contributed by atoms with Crippen LogP contribution in [-0.2, 0) is 0 Å². The Morgan fingerprint density at radius 3 is 2.42 bits per heavy atom. The number of ether oxygens (including phenoxy) is 2. The van der Waals surface area contributed by atoms with Crippen LogP contribution in [0.1, 0.15) is 57.4 Å². The zero-order chi connectivity index (χ0) is 21.5. The molecule has 0 spiro atoms. The molecular formula is C27H32N2O2. The van der Waals surface area contributed by atoms with Crippen LogP contribution in [0.5, 0.6) is 11.5 Å². The Bertz CT molecular complexity index is 1050. The Kier molecular flexibility index (Phi) is 7.08. The van der Waals surface area contributed by atoms with Crippen molar-refractivity contribution in [2.75, 3.05) is 19.0 Å². The highest BCUT2D eigenvalue weighted by molar-refractivity contribution is 6.19. The molecule has 4 nitrogen and oxygen atoms in total. The van der Waals surface area contributed by atoms with Crippen molar-refractivity contribution in [2.45, 2.75) is 51.9 Å². The third kappa shape index (κ3) is 5.01. The van der Waals surface area contributed by atoms with Crippen molar-refractivity contribution in [1.82, 2.24) is 0 Å². The summed E-state index contributed by atoms with van der Waals surface area (Å²) >= 11 is 0. The lowest BCUT2D eigenvalue weighted by atomic mass is 10.0. The van der Waals surface area contributed by atoms with E-state index >= 15 is 0 Å². The van der Waals surface area contributed by atoms with Gasteiger partial charge in [0.05, 0.1) is 19.4 Å². The van der Waals surface area contributed by atoms with Crippen LogP contribution >= 0.6 is 0 Å². The first kappa shape index (κ1) is 21.2. The van der Waals surface area contributed by atoms with Crippen LogP contribution in [0.3, 0.4) is 0 Å². The van der Waals surface area contributed by atoms with Gasteiger partial charge in [0.2, 0.25) is 0 Å². The third-order valence-corrected chi connectivity index (χ3v) is 5.81. The van der Waals surface area contributed by atoms with Crippen LogP contribution in [-0.4, -0.2) is 19.6 Å². The van der Waals surface area contributed by atoms with E-state index in [9.17, 15) is 0 Å². The maximum Gasteiger partial charge on any atom is 0.161 e. The fraction of sp³-hybridized carbons (Fsp3) is 0.370. The first-order valence-electron chi connectivity index (χ1n) is 11.5. The Balaban J connectivity index is 1.42. The predicted molar refractivity (Wildman–Crippen MR) is 130 cm³/mol. The second-order valence-corrected chi connectivity index (χ2v) is 8.10. The minimum Gasteiger partial charge on any atom is -0.493 e. The van der Waals surface area contributed by atoms with Gasteiger partial charge in [0.15, 0.2) is 11.5 Å². The lowest BCUT2D eigenvalue weighted by Crippen LogP contribution is -2.16. The van der Waals surface area contributed by atoms with Gasteiger partial charge >= 0.3 is 0 Å². The van der Waals surface area contributed by atoms with Crippen molar-refractivity contribution in [3.63, 3.8) is 0 Å². The number of hydrogen-bond acceptors (Lipinski definition) is 4. The van der Waals surface area contributed by atoms with E-state index in [0.29, 0.717) is 0 Å². The number of amidine groups is 1. The number of rotatable bonds is 11. The van der Waals surface area contributed by atoms with Crippen molar-refractivity contribution in [3.05, 3.63) is 60.2 Å². The lowest BCUT2D eigenvalue weighted by Gasteiger charge is -2.20. The van der Waals surface area contributed by atoms with Gasteiger partial charge in [0.25, 0.3) is 0 Å². The fourth-order valence-corrected chi connectivity index (χ4v) is 4.11. The molecule has 162 valence electrons. The van der Waals surface area contributed by atoms with E-state index in [2.05, 4.69) is 48.6 Å². The van der Waals surface area contributed by atoms with Gasteiger partial charge in [-0.2, -0.15) is 0 Å². The molecule has 0 aromatic heterocycles. The summed E-state index contributed by atoms with van der Waals surface area (Å²) in [5, 5.41) is 5.84. The van der Waals surface area contributed by atoms with E-state index in [1.807, 2.05) is 18.2 Å². The molecule has 0 amide bonds. The van der Waals surface area contributed by atoms with Gasteiger partial charge in [0.1, 0.15) is 5.84 Å². The molecule has 0 saturated carbocycles. The Morgan fingerprint density at radius 2 is 1.61 bits per heavy atom. The SMILES string of the molecule is CCCCCCCCCOc1ccc(C2=Nc3cccc4cccc(c34)N2)cc1OC. The zero-order valence-corrected chi connectivity index (χ0v) is 18.6. The van der Waals surface area contributed by atoms with Gasteiger partial charge in [-0.25, -0.2) is 4.99 Å². The van der Waals surface area contributed by atoms with Gasteiger partial charge in [-0.1, -0.05) is 69.7 Å². The van der Waals surface area contributed by atoms with Crippen molar-refractivity contribution in [2.24, 2.45) is 4.99 Å². The standard InChI is InChI=1S/C27H32N2O2/c1-3-4-5-6-7-8-9-18-31-24-17-16-21(19-25(24)30-2)27-28-22-14-10-12-20-13-11-15-23(29-27)26(20)22/h10-17,19H,3-9,18H2,1-2H3,(H,28,29). The first-order valence-corrected chi connectivity index (χ1v) is 11.5. The van der Waals surface area contributed by atoms with Crippen LogP contribution in [0.15, 0.2) is 59.6 Å². The highest BCUT2D eigenvalue weighted by atomic mass is 16.5. The molecule has 1 N–H and O–H groups in total. The van der Waals surface area contributed by atoms with Gasteiger partial charge in [-0.3, -0.25) is 0 Å². The van der Waals surface area contributed by atoms with Gasteiger partial charge in [-0.15, -0.1) is 0 Å². The number of nitrogens with one attached hydrogen (secondary N) is 1. The van der Waals surface area contributed by atoms with Crippen LogP contribution in [0.25, 0.3) is 10.8 Å². The summed E-state index contributed by atoms with van der Waals surface area (Å²) in [6, 6.07) is 18.5. The molecule has 1 heterocycles. The largest absolute Gasteiger partial charge is 0.493 e. The van der Waals surface area contributed by atoms with Gasteiger partial charge in [-0.05, 0) is 42.1 Å². The molecule has 0 aliphatic carbocycles. The maximum atomic E-state index is 6.02. The zero-order valence-electron chi connectivity index (χ0n) is 18.6. The summed E-state index contributed by atoms with van der Waals surface area (Å²) in [4.78, 5) is 4.87. The summed E-state index contributed by atoms with van der Waals surface area (Å²) in [5.74, 6) is 2.35. The van der Waals surface area contributed by atoms with Crippen molar-refractivity contribution in [1.29, 1.82) is 0 Å². The average Bonchev–Trinajstić information content (AvgIpc) is 2.81. The number of hydrogen-bond donors (Lipinski definition) is 1. The Morgan fingerprint density at radius 1 is 0.839 bits per heavy atom. The highest BCUT2D eigenvalue weighted by Gasteiger charge is 2.17. The van der Waals surface area contributed by atoms with Crippen molar-refractivity contribution in [3.8, 4) is 11.5 Å². The molecule has 0 bridgehead atoms. The van der Waals surface area contributed by atoms with Crippen LogP contribution in [0, 0.1) is 0 Å². The molecule has 0 fully saturated rings. The number of unbranched alkanes of at least 4 members (excludes halogenated alkanes) is 6. The summed E-state index contributed by atoms with van der Waals surface area (Å²) in [5.41, 5.74) is 3.04. The Hall–Kier alpha value is -3.01. The number of aliphatic imine (C=N–C) groups is 1. The second kappa shape index (κ2) is 10.3. The number of methoxy groups -OCH3 is 1. The minimum absolute atomic E-state index is 0.720. The molecule has 1 aliphatic heterocycles. The third-order valence-electron chi connectivity index (χ3n) is 5.81. The smallest absolute Gasteiger partial charge is 0.161 e. The topological polar surface area (TPSA) is 42.8 Å². The normalized spacial score (nSPS) is 12.4. The van der Waals surface area contributed by atoms with E-state index < -0.39 is 0 Å². The first-order chi connectivity index (χ1) is 15.3. The quantitative estimate of drug-likeness (QED) is 0.329. The number of nitrogens with zero attached hydrogens (tertiary/aromatic N) is 1. The number of benzene rings is 3. The molecule has 0 unspecified atom stereocenters. The van der Waals surface area contributed by atoms with Crippen LogP contribution in [0.4, 0.5) is 11.4 Å². The van der Waals surface area contributed by atoms with E-state index in [1.165, 1.54) is 43.9 Å². The Labute approximate surface area is 185 Å². The molecule has 1 aliphatic rings. The summed E-state index contributed by atoms with van der Waals surface area (Å²) < 4.78 is 11.6. The molecule has 4 rings (SSSR count). The molecule has 31 heavy (non-hydrogen) atoms. The van der Waals surface area contributed by atoms with Gasteiger partial charge < -0.3 is 14.8 Å². The highest BCUT2D eigenvalue weighted by Crippen LogP contribution is 2.37. The van der Waals surface area contributed by atoms with E-state index in [4.69, 9.17) is 14.5 Å². The molecular weight excluding hydrogens is 384 g/mol. The average molecular weight is 417 g/mol. The molecule has 3 aromatic rings. The maximum absolute atomic E-state index is 6.02. The monoisotopic (exact) mass is 416 g/mol. The molecule has 0 atom stereocenters. The summed E-state index contributed by atoms with van der Waals surface area (Å²) in [6.07, 6.45) is 8.91. The van der Waals surface area contributed by atoms with E-state index in [1.54, 1.807) is 7.11 Å². The number of anilines is 1. The molecule has 3 aromatic carbocycles. The molecule has 0 radical (unpaired) electrons. The summed E-state index contributed by atoms with van der Waals surface area (Å²) in [7, 11) is 1.69. The lowest BCUT2D eigenvalue weighted by molar-refractivity contribution is 0.284. The van der Waals surface area contributed by atoms with Crippen LogP contribution in [0.2, 0.25) is 0 Å². The fourth-order valence-electron chi connectivity index (χ4n) is 4.11. The van der Waals surface area contributed by atoms with Crippen molar-refractivity contribution >= 4 is 28.0 Å². The minimum atomic E-state index is 0.720. The molecule has 0 saturated heterocycles. The van der Waals surface area contributed by atoms with E-state index in [-0.39, 0.29) is 0 Å². The van der Waals surface area contributed by atoms with Gasteiger partial charge in [0, 0.05) is 16.6 Å². The van der Waals surface area contributed by atoms with E-state index in [0.717, 1.165) is 52.7 Å². The summed E-state index contributed by atoms with van der Waals surface area (Å²) in [6.45, 7) is 2.97. The second-order valence-electron chi connectivity index (χ2n) is 8.10. The van der Waals surface area contributed by atoms with Crippen molar-refractivity contribution < 1.29 is 9.47 Å². The van der Waals surface area contributed by atoms with Crippen LogP contribution < -0.4 is 14.8 Å². The predicted octanol–water partition coefficient (Wildman–Crippen LogP) is 7.48. The molecule has 4 heteroatoms.